The van der Waals surface area contributed by atoms with E-state index in [0.717, 1.165) is 36.5 Å². The van der Waals surface area contributed by atoms with Crippen LogP contribution in [0.2, 0.25) is 0 Å². The third kappa shape index (κ3) is 5.57. The van der Waals surface area contributed by atoms with E-state index in [2.05, 4.69) is 36.2 Å². The highest BCUT2D eigenvalue weighted by atomic mass is 16.5. The van der Waals surface area contributed by atoms with Crippen molar-refractivity contribution in [1.29, 1.82) is 0 Å². The molecule has 0 unspecified atom stereocenters. The van der Waals surface area contributed by atoms with Crippen molar-refractivity contribution < 1.29 is 14.6 Å². The maximum Gasteiger partial charge on any atom is 0.221 e. The first-order valence-corrected chi connectivity index (χ1v) is 9.94. The van der Waals surface area contributed by atoms with Crippen LogP contribution in [0.5, 0.6) is 5.75 Å². The fraction of sp³-hybridized carbons (Fsp3) is 0.435. The Morgan fingerprint density at radius 3 is 2.64 bits per heavy atom. The molecule has 1 aliphatic rings. The Hall–Kier alpha value is -2.37. The van der Waals surface area contributed by atoms with Gasteiger partial charge in [-0.25, -0.2) is 0 Å². The molecule has 0 saturated carbocycles. The number of piperidine rings is 1. The number of likely N-dealkylation sites (tertiary alicyclic amines) is 1. The molecule has 0 radical (unpaired) electrons. The lowest BCUT2D eigenvalue weighted by Gasteiger charge is -2.36. The van der Waals surface area contributed by atoms with E-state index in [1.807, 2.05) is 36.4 Å². The predicted octanol–water partition coefficient (Wildman–Crippen LogP) is 3.78. The Morgan fingerprint density at radius 1 is 1.25 bits per heavy atom. The normalized spacial score (nSPS) is 20.2. The number of hydrogen-bond acceptors (Lipinski definition) is 4. The highest BCUT2D eigenvalue weighted by molar-refractivity contribution is 5.88. The Balaban J connectivity index is 1.53. The molecule has 1 amide bonds. The number of amides is 1. The van der Waals surface area contributed by atoms with E-state index in [4.69, 9.17) is 4.74 Å². The molecule has 0 aromatic heterocycles. The summed E-state index contributed by atoms with van der Waals surface area (Å²) in [6.45, 7) is 8.05. The van der Waals surface area contributed by atoms with Gasteiger partial charge < -0.3 is 15.2 Å². The van der Waals surface area contributed by atoms with E-state index in [1.165, 1.54) is 12.5 Å². The predicted molar refractivity (Wildman–Crippen MR) is 112 cm³/mol. The standard InChI is InChI=1S/C23H30N2O3/c1-16(2)19-5-4-6-21(13-19)28-23-11-12-25(15-22(23)27)14-18-7-9-20(10-8-18)24-17(3)26/h4-10,13,16,22-23,27H,11-12,14-15H2,1-3H3,(H,24,26)/t22-,23-/m1/s1. The summed E-state index contributed by atoms with van der Waals surface area (Å²) in [4.78, 5) is 13.3. The number of carbonyl (C=O) groups excluding carboxylic acids is 1. The molecule has 2 N–H and O–H groups in total. The largest absolute Gasteiger partial charge is 0.488 e. The molecule has 2 aromatic carbocycles. The summed E-state index contributed by atoms with van der Waals surface area (Å²) < 4.78 is 6.09. The van der Waals surface area contributed by atoms with E-state index in [9.17, 15) is 9.90 Å². The van der Waals surface area contributed by atoms with Crippen molar-refractivity contribution in [2.45, 2.75) is 51.9 Å². The number of nitrogens with zero attached hydrogens (tertiary/aromatic N) is 1. The van der Waals surface area contributed by atoms with Crippen molar-refractivity contribution in [3.8, 4) is 5.75 Å². The Kier molecular flexibility index (Phi) is 6.70. The molecule has 3 rings (SSSR count). The second kappa shape index (κ2) is 9.22. The lowest BCUT2D eigenvalue weighted by molar-refractivity contribution is -0.114. The van der Waals surface area contributed by atoms with Gasteiger partial charge in [-0.2, -0.15) is 0 Å². The van der Waals surface area contributed by atoms with Crippen molar-refractivity contribution in [2.24, 2.45) is 0 Å². The van der Waals surface area contributed by atoms with Crippen LogP contribution in [0.3, 0.4) is 0 Å². The van der Waals surface area contributed by atoms with Crippen molar-refractivity contribution >= 4 is 11.6 Å². The summed E-state index contributed by atoms with van der Waals surface area (Å²) >= 11 is 0. The number of carbonyl (C=O) groups is 1. The molecule has 0 aliphatic carbocycles. The monoisotopic (exact) mass is 382 g/mol. The fourth-order valence-corrected chi connectivity index (χ4v) is 3.53. The van der Waals surface area contributed by atoms with Gasteiger partial charge in [-0.05, 0) is 47.7 Å². The average Bonchev–Trinajstić information content (AvgIpc) is 2.65. The van der Waals surface area contributed by atoms with Gasteiger partial charge in [0.25, 0.3) is 0 Å². The minimum absolute atomic E-state index is 0.0723. The van der Waals surface area contributed by atoms with E-state index >= 15 is 0 Å². The number of aliphatic hydroxyl groups is 1. The molecule has 5 heteroatoms. The van der Waals surface area contributed by atoms with Gasteiger partial charge in [-0.1, -0.05) is 38.1 Å². The topological polar surface area (TPSA) is 61.8 Å². The smallest absolute Gasteiger partial charge is 0.221 e. The van der Waals surface area contributed by atoms with E-state index in [-0.39, 0.29) is 12.0 Å². The number of aliphatic hydroxyl groups excluding tert-OH is 1. The third-order valence-electron chi connectivity index (χ3n) is 5.10. The van der Waals surface area contributed by atoms with Crippen LogP contribution >= 0.6 is 0 Å². The minimum Gasteiger partial charge on any atom is -0.488 e. The molecule has 1 heterocycles. The second-order valence-electron chi connectivity index (χ2n) is 7.85. The average molecular weight is 383 g/mol. The first kappa shape index (κ1) is 20.4. The number of benzene rings is 2. The van der Waals surface area contributed by atoms with Gasteiger partial charge in [-0.3, -0.25) is 9.69 Å². The van der Waals surface area contributed by atoms with Gasteiger partial charge in [0, 0.05) is 32.2 Å². The molecule has 0 bridgehead atoms. The van der Waals surface area contributed by atoms with Crippen molar-refractivity contribution in [1.82, 2.24) is 4.90 Å². The lowest BCUT2D eigenvalue weighted by Crippen LogP contribution is -2.48. The van der Waals surface area contributed by atoms with Crippen molar-refractivity contribution in [3.05, 3.63) is 59.7 Å². The van der Waals surface area contributed by atoms with Crippen LogP contribution in [0.25, 0.3) is 0 Å². The van der Waals surface area contributed by atoms with Gasteiger partial charge in [0.05, 0.1) is 0 Å². The Bertz CT molecular complexity index is 789. The number of anilines is 1. The van der Waals surface area contributed by atoms with Crippen molar-refractivity contribution in [2.75, 3.05) is 18.4 Å². The van der Waals surface area contributed by atoms with Crippen LogP contribution in [-0.2, 0) is 11.3 Å². The van der Waals surface area contributed by atoms with E-state index in [1.54, 1.807) is 0 Å². The number of hydrogen-bond donors (Lipinski definition) is 2. The zero-order valence-electron chi connectivity index (χ0n) is 16.9. The lowest BCUT2D eigenvalue weighted by atomic mass is 10.0. The maximum absolute atomic E-state index is 11.1. The van der Waals surface area contributed by atoms with Gasteiger partial charge in [0.2, 0.25) is 5.91 Å². The van der Waals surface area contributed by atoms with Gasteiger partial charge in [0.1, 0.15) is 18.0 Å². The zero-order chi connectivity index (χ0) is 20.1. The van der Waals surface area contributed by atoms with Gasteiger partial charge in [-0.15, -0.1) is 0 Å². The molecule has 150 valence electrons. The van der Waals surface area contributed by atoms with Crippen LogP contribution in [0.4, 0.5) is 5.69 Å². The van der Waals surface area contributed by atoms with Crippen LogP contribution in [0.1, 0.15) is 44.2 Å². The summed E-state index contributed by atoms with van der Waals surface area (Å²) in [6.07, 6.45) is 0.0905. The maximum atomic E-state index is 11.1. The minimum atomic E-state index is -0.518. The third-order valence-corrected chi connectivity index (χ3v) is 5.10. The summed E-state index contributed by atoms with van der Waals surface area (Å²) in [5.74, 6) is 1.21. The Labute approximate surface area is 167 Å². The molecular formula is C23H30N2O3. The molecule has 0 spiro atoms. The van der Waals surface area contributed by atoms with E-state index in [0.29, 0.717) is 12.5 Å². The second-order valence-corrected chi connectivity index (χ2v) is 7.85. The van der Waals surface area contributed by atoms with Crippen LogP contribution in [0, 0.1) is 0 Å². The first-order valence-electron chi connectivity index (χ1n) is 9.94. The summed E-state index contributed by atoms with van der Waals surface area (Å²) in [6, 6.07) is 16.0. The SMILES string of the molecule is CC(=O)Nc1ccc(CN2CC[C@@H](Oc3cccc(C(C)C)c3)[C@H](O)C2)cc1. The van der Waals surface area contributed by atoms with Crippen molar-refractivity contribution in [3.63, 3.8) is 0 Å². The summed E-state index contributed by atoms with van der Waals surface area (Å²) in [5.41, 5.74) is 3.20. The molecular weight excluding hydrogens is 352 g/mol. The summed E-state index contributed by atoms with van der Waals surface area (Å²) in [5, 5.41) is 13.4. The van der Waals surface area contributed by atoms with Crippen LogP contribution in [0.15, 0.2) is 48.5 Å². The van der Waals surface area contributed by atoms with E-state index < -0.39 is 6.10 Å². The summed E-state index contributed by atoms with van der Waals surface area (Å²) in [7, 11) is 0. The zero-order valence-corrected chi connectivity index (χ0v) is 16.9. The molecule has 1 saturated heterocycles. The van der Waals surface area contributed by atoms with Crippen LogP contribution in [-0.4, -0.2) is 41.2 Å². The molecule has 1 aliphatic heterocycles. The van der Waals surface area contributed by atoms with Gasteiger partial charge in [0.15, 0.2) is 0 Å². The number of ether oxygens (including phenoxy) is 1. The molecule has 1 fully saturated rings. The molecule has 28 heavy (non-hydrogen) atoms. The molecule has 2 atom stereocenters. The number of rotatable bonds is 6. The number of β-amino-alcohol motifs (C(OH)–C–C–N with tert-alkyl or cyclic N) is 1. The molecule has 2 aromatic rings. The highest BCUT2D eigenvalue weighted by Gasteiger charge is 2.29. The van der Waals surface area contributed by atoms with Gasteiger partial charge >= 0.3 is 0 Å². The highest BCUT2D eigenvalue weighted by Crippen LogP contribution is 2.24. The molecule has 5 nitrogen and oxygen atoms in total. The first-order chi connectivity index (χ1) is 13.4. The van der Waals surface area contributed by atoms with Crippen LogP contribution < -0.4 is 10.1 Å². The Morgan fingerprint density at radius 2 is 2.00 bits per heavy atom. The quantitative estimate of drug-likeness (QED) is 0.798. The fourth-order valence-electron chi connectivity index (χ4n) is 3.53. The number of nitrogens with one attached hydrogen (secondary N) is 1.